The number of hydroxylamine groups is 1. The number of aliphatic hydroxyl groups excluding tert-OH is 1. The van der Waals surface area contributed by atoms with Crippen LogP contribution in [0.3, 0.4) is 0 Å². The summed E-state index contributed by atoms with van der Waals surface area (Å²) in [5, 5.41) is 18.9. The van der Waals surface area contributed by atoms with E-state index >= 15 is 0 Å². The van der Waals surface area contributed by atoms with Gasteiger partial charge in [0, 0.05) is 44.3 Å². The number of carbonyl (C=O) groups is 3. The van der Waals surface area contributed by atoms with Crippen LogP contribution in [0.1, 0.15) is 38.5 Å². The summed E-state index contributed by atoms with van der Waals surface area (Å²) in [4.78, 5) is 43.7. The van der Waals surface area contributed by atoms with E-state index in [2.05, 4.69) is 0 Å². The number of aliphatic hydroxyl groups is 1. The molecule has 2 heterocycles. The van der Waals surface area contributed by atoms with Gasteiger partial charge in [-0.3, -0.25) is 14.8 Å². The number of benzene rings is 1. The molecule has 3 amide bonds. The zero-order valence-corrected chi connectivity index (χ0v) is 19.3. The van der Waals surface area contributed by atoms with Crippen LogP contribution in [-0.4, -0.2) is 89.0 Å². The minimum absolute atomic E-state index is 0.136. The third-order valence-electron chi connectivity index (χ3n) is 7.16. The normalized spacial score (nSPS) is 26.2. The molecule has 10 nitrogen and oxygen atoms in total. The van der Waals surface area contributed by atoms with Gasteiger partial charge in [-0.15, -0.1) is 0 Å². The molecule has 1 aliphatic carbocycles. The van der Waals surface area contributed by atoms with Crippen LogP contribution >= 0.6 is 0 Å². The van der Waals surface area contributed by atoms with Crippen molar-refractivity contribution in [1.82, 2.24) is 15.3 Å². The second-order valence-electron chi connectivity index (χ2n) is 9.39. The standard InChI is InChI=1S/C24H34N4O6/c29-19-9-11-26(12-10-19)24(32)34-20-8-4-5-17(15-20)23(31)28-14-13-27(16-21(28)22(30)25-33)18-6-2-1-3-7-18/h1-3,6-7,17,19-21,29,33H,4-5,8-16H2,(H,25,30). The van der Waals surface area contributed by atoms with Crippen molar-refractivity contribution >= 4 is 23.6 Å². The number of carbonyl (C=O) groups excluding carboxylic acids is 3. The number of para-hydroxylation sites is 1. The van der Waals surface area contributed by atoms with E-state index in [0.29, 0.717) is 58.3 Å². The molecule has 10 heteroatoms. The number of anilines is 1. The lowest BCUT2D eigenvalue weighted by molar-refractivity contribution is -0.149. The van der Waals surface area contributed by atoms with Crippen LogP contribution in [0.15, 0.2) is 30.3 Å². The number of hydrogen-bond acceptors (Lipinski definition) is 7. The van der Waals surface area contributed by atoms with Gasteiger partial charge in [0.1, 0.15) is 12.1 Å². The van der Waals surface area contributed by atoms with Crippen molar-refractivity contribution in [3.8, 4) is 0 Å². The monoisotopic (exact) mass is 474 g/mol. The number of nitrogens with zero attached hydrogens (tertiary/aromatic N) is 3. The van der Waals surface area contributed by atoms with Gasteiger partial charge >= 0.3 is 6.09 Å². The molecule has 0 spiro atoms. The number of ether oxygens (including phenoxy) is 1. The van der Waals surface area contributed by atoms with Gasteiger partial charge in [0.15, 0.2) is 0 Å². The molecule has 0 aromatic heterocycles. The van der Waals surface area contributed by atoms with Crippen LogP contribution in [0.4, 0.5) is 10.5 Å². The van der Waals surface area contributed by atoms with Gasteiger partial charge in [-0.1, -0.05) is 18.2 Å². The Morgan fingerprint density at radius 3 is 2.41 bits per heavy atom. The molecule has 3 fully saturated rings. The molecule has 4 rings (SSSR count). The number of hydrogen-bond donors (Lipinski definition) is 3. The Labute approximate surface area is 199 Å². The smallest absolute Gasteiger partial charge is 0.410 e. The first-order valence-corrected chi connectivity index (χ1v) is 12.1. The number of piperidine rings is 1. The van der Waals surface area contributed by atoms with E-state index in [0.717, 1.165) is 12.1 Å². The molecule has 1 saturated carbocycles. The lowest BCUT2D eigenvalue weighted by atomic mass is 9.85. The summed E-state index contributed by atoms with van der Waals surface area (Å²) in [6.07, 6.45) is 2.54. The van der Waals surface area contributed by atoms with Crippen LogP contribution in [-0.2, 0) is 14.3 Å². The maximum atomic E-state index is 13.5. The largest absolute Gasteiger partial charge is 0.446 e. The molecule has 1 aromatic rings. The molecule has 3 atom stereocenters. The number of piperazine rings is 1. The highest BCUT2D eigenvalue weighted by Crippen LogP contribution is 2.30. The molecule has 3 aliphatic rings. The maximum Gasteiger partial charge on any atom is 0.410 e. The van der Waals surface area contributed by atoms with E-state index < -0.39 is 11.9 Å². The summed E-state index contributed by atoms with van der Waals surface area (Å²) in [6.45, 7) is 2.17. The predicted molar refractivity (Wildman–Crippen MR) is 123 cm³/mol. The molecule has 0 radical (unpaired) electrons. The maximum absolute atomic E-state index is 13.5. The Kier molecular flexibility index (Phi) is 7.89. The Hall–Kier alpha value is -2.85. The Balaban J connectivity index is 1.37. The topological polar surface area (TPSA) is 123 Å². The van der Waals surface area contributed by atoms with E-state index in [1.165, 1.54) is 0 Å². The Morgan fingerprint density at radius 2 is 1.71 bits per heavy atom. The molecule has 3 unspecified atom stereocenters. The van der Waals surface area contributed by atoms with Crippen LogP contribution in [0, 0.1) is 5.92 Å². The molecule has 2 aliphatic heterocycles. The fourth-order valence-electron chi connectivity index (χ4n) is 5.20. The van der Waals surface area contributed by atoms with Gasteiger partial charge < -0.3 is 24.5 Å². The Bertz CT molecular complexity index is 860. The third-order valence-corrected chi connectivity index (χ3v) is 7.16. The molecular weight excluding hydrogens is 440 g/mol. The number of rotatable bonds is 4. The van der Waals surface area contributed by atoms with Gasteiger partial charge in [0.2, 0.25) is 5.91 Å². The lowest BCUT2D eigenvalue weighted by Crippen LogP contribution is -2.61. The highest BCUT2D eigenvalue weighted by Gasteiger charge is 2.40. The van der Waals surface area contributed by atoms with Gasteiger partial charge in [0.05, 0.1) is 6.10 Å². The predicted octanol–water partition coefficient (Wildman–Crippen LogP) is 1.36. The second-order valence-corrected chi connectivity index (χ2v) is 9.39. The van der Waals surface area contributed by atoms with Crippen molar-refractivity contribution in [3.05, 3.63) is 30.3 Å². The first-order valence-electron chi connectivity index (χ1n) is 12.1. The summed E-state index contributed by atoms with van der Waals surface area (Å²) >= 11 is 0. The van der Waals surface area contributed by atoms with Crippen molar-refractivity contribution in [1.29, 1.82) is 0 Å². The molecule has 186 valence electrons. The fraction of sp³-hybridized carbons (Fsp3) is 0.625. The third kappa shape index (κ3) is 5.61. The van der Waals surface area contributed by atoms with Gasteiger partial charge in [-0.2, -0.15) is 0 Å². The van der Waals surface area contributed by atoms with Crippen molar-refractivity contribution in [2.75, 3.05) is 37.6 Å². The van der Waals surface area contributed by atoms with Crippen molar-refractivity contribution in [3.63, 3.8) is 0 Å². The first kappa shape index (κ1) is 24.3. The summed E-state index contributed by atoms with van der Waals surface area (Å²) in [5.41, 5.74) is 2.68. The van der Waals surface area contributed by atoms with E-state index in [4.69, 9.17) is 4.74 Å². The molecular formula is C24H34N4O6. The minimum atomic E-state index is -0.811. The lowest BCUT2D eigenvalue weighted by Gasteiger charge is -2.43. The highest BCUT2D eigenvalue weighted by atomic mass is 16.6. The van der Waals surface area contributed by atoms with Crippen molar-refractivity contribution in [2.24, 2.45) is 5.92 Å². The number of nitrogens with one attached hydrogen (secondary N) is 1. The molecule has 1 aromatic carbocycles. The highest BCUT2D eigenvalue weighted by molar-refractivity contribution is 5.89. The average molecular weight is 475 g/mol. The zero-order valence-electron chi connectivity index (χ0n) is 19.3. The summed E-state index contributed by atoms with van der Waals surface area (Å²) in [5.74, 6) is -1.09. The van der Waals surface area contributed by atoms with Crippen LogP contribution in [0.2, 0.25) is 0 Å². The van der Waals surface area contributed by atoms with E-state index in [9.17, 15) is 24.7 Å². The summed E-state index contributed by atoms with van der Waals surface area (Å²) in [7, 11) is 0. The fourth-order valence-corrected chi connectivity index (χ4v) is 5.20. The van der Waals surface area contributed by atoms with E-state index in [1.54, 1.807) is 15.3 Å². The molecule has 34 heavy (non-hydrogen) atoms. The summed E-state index contributed by atoms with van der Waals surface area (Å²) in [6, 6.07) is 8.85. The van der Waals surface area contributed by atoms with E-state index in [-0.39, 0.29) is 36.7 Å². The quantitative estimate of drug-likeness (QED) is 0.445. The number of likely N-dealkylation sites (tertiary alicyclic amines) is 1. The van der Waals surface area contributed by atoms with Crippen LogP contribution < -0.4 is 10.4 Å². The second kappa shape index (κ2) is 11.1. The van der Waals surface area contributed by atoms with Gasteiger partial charge in [-0.25, -0.2) is 10.3 Å². The minimum Gasteiger partial charge on any atom is -0.446 e. The SMILES string of the molecule is O=C(NO)C1CN(c2ccccc2)CCN1C(=O)C1CCCC(OC(=O)N2CCC(O)CC2)C1. The Morgan fingerprint density at radius 1 is 0.971 bits per heavy atom. The van der Waals surface area contributed by atoms with Crippen molar-refractivity contribution in [2.45, 2.75) is 56.8 Å². The molecule has 2 saturated heterocycles. The number of amides is 3. The average Bonchev–Trinajstić information content (AvgIpc) is 2.88. The van der Waals surface area contributed by atoms with Crippen LogP contribution in [0.25, 0.3) is 0 Å². The van der Waals surface area contributed by atoms with Crippen molar-refractivity contribution < 1.29 is 29.4 Å². The van der Waals surface area contributed by atoms with E-state index in [1.807, 2.05) is 35.2 Å². The van der Waals surface area contributed by atoms with Gasteiger partial charge in [0.25, 0.3) is 5.91 Å². The van der Waals surface area contributed by atoms with Gasteiger partial charge in [-0.05, 0) is 50.7 Å². The van der Waals surface area contributed by atoms with Crippen LogP contribution in [0.5, 0.6) is 0 Å². The zero-order chi connectivity index (χ0) is 24.1. The summed E-state index contributed by atoms with van der Waals surface area (Å²) < 4.78 is 5.71. The molecule has 0 bridgehead atoms. The first-order chi connectivity index (χ1) is 16.5. The molecule has 3 N–H and O–H groups in total.